The standard InChI is InChI=1S/C11H21N3/c1-4-6-14-7-5-13-11(14)9-12-8-10(2)3/h5,7,10,12H,4,6,8-9H2,1-3H3. The average molecular weight is 195 g/mol. The Morgan fingerprint density at radius 2 is 2.29 bits per heavy atom. The van der Waals surface area contributed by atoms with E-state index in [1.807, 2.05) is 6.20 Å². The van der Waals surface area contributed by atoms with E-state index in [0.717, 1.165) is 31.9 Å². The predicted molar refractivity (Wildman–Crippen MR) is 59.1 cm³/mol. The van der Waals surface area contributed by atoms with Gasteiger partial charge in [0.25, 0.3) is 0 Å². The molecule has 3 nitrogen and oxygen atoms in total. The zero-order valence-corrected chi connectivity index (χ0v) is 9.45. The van der Waals surface area contributed by atoms with Crippen LogP contribution in [-0.4, -0.2) is 16.1 Å². The SMILES string of the molecule is CCCn1ccnc1CNCC(C)C. The summed E-state index contributed by atoms with van der Waals surface area (Å²) >= 11 is 0. The Bertz CT molecular complexity index is 253. The summed E-state index contributed by atoms with van der Waals surface area (Å²) < 4.78 is 2.22. The molecule has 0 saturated carbocycles. The molecule has 0 bridgehead atoms. The maximum Gasteiger partial charge on any atom is 0.122 e. The second-order valence-corrected chi connectivity index (χ2v) is 4.06. The van der Waals surface area contributed by atoms with Crippen molar-refractivity contribution in [1.29, 1.82) is 0 Å². The Balaban J connectivity index is 2.37. The monoisotopic (exact) mass is 195 g/mol. The van der Waals surface area contributed by atoms with Crippen LogP contribution in [0.3, 0.4) is 0 Å². The van der Waals surface area contributed by atoms with Gasteiger partial charge in [-0.2, -0.15) is 0 Å². The number of hydrogen-bond donors (Lipinski definition) is 1. The molecule has 0 atom stereocenters. The van der Waals surface area contributed by atoms with Crippen molar-refractivity contribution in [2.45, 2.75) is 40.3 Å². The average Bonchev–Trinajstić information content (AvgIpc) is 2.53. The number of nitrogens with one attached hydrogen (secondary N) is 1. The van der Waals surface area contributed by atoms with Gasteiger partial charge in [-0.1, -0.05) is 20.8 Å². The normalized spacial score (nSPS) is 11.1. The van der Waals surface area contributed by atoms with Gasteiger partial charge in [-0.25, -0.2) is 4.98 Å². The van der Waals surface area contributed by atoms with Gasteiger partial charge < -0.3 is 9.88 Å². The van der Waals surface area contributed by atoms with Crippen LogP contribution in [-0.2, 0) is 13.1 Å². The molecule has 0 spiro atoms. The Kier molecular flexibility index (Phi) is 4.66. The first-order valence-corrected chi connectivity index (χ1v) is 5.44. The number of hydrogen-bond acceptors (Lipinski definition) is 2. The van der Waals surface area contributed by atoms with Crippen LogP contribution in [0.4, 0.5) is 0 Å². The van der Waals surface area contributed by atoms with Crippen molar-refractivity contribution >= 4 is 0 Å². The molecule has 1 N–H and O–H groups in total. The molecule has 3 heteroatoms. The molecule has 0 aliphatic carbocycles. The summed E-state index contributed by atoms with van der Waals surface area (Å²) in [6.45, 7) is 9.62. The van der Waals surface area contributed by atoms with E-state index in [9.17, 15) is 0 Å². The molecule has 14 heavy (non-hydrogen) atoms. The predicted octanol–water partition coefficient (Wildman–Crippen LogP) is 2.04. The van der Waals surface area contributed by atoms with Crippen LogP contribution >= 0.6 is 0 Å². The lowest BCUT2D eigenvalue weighted by Gasteiger charge is -2.09. The number of nitrogens with zero attached hydrogens (tertiary/aromatic N) is 2. The molecule has 1 aromatic rings. The minimum Gasteiger partial charge on any atom is -0.334 e. The van der Waals surface area contributed by atoms with E-state index in [0.29, 0.717) is 5.92 Å². The highest BCUT2D eigenvalue weighted by atomic mass is 15.1. The third kappa shape index (κ3) is 3.50. The van der Waals surface area contributed by atoms with Crippen molar-refractivity contribution in [2.75, 3.05) is 6.54 Å². The zero-order valence-electron chi connectivity index (χ0n) is 9.45. The minimum atomic E-state index is 0.699. The molecule has 1 rings (SSSR count). The highest BCUT2D eigenvalue weighted by Crippen LogP contribution is 1.99. The molecule has 0 aliphatic heterocycles. The highest BCUT2D eigenvalue weighted by Gasteiger charge is 2.01. The van der Waals surface area contributed by atoms with Gasteiger partial charge in [0.1, 0.15) is 5.82 Å². The molecule has 1 heterocycles. The Morgan fingerprint density at radius 1 is 1.50 bits per heavy atom. The van der Waals surface area contributed by atoms with E-state index >= 15 is 0 Å². The molecule has 0 fully saturated rings. The maximum absolute atomic E-state index is 4.33. The van der Waals surface area contributed by atoms with Crippen molar-refractivity contribution in [1.82, 2.24) is 14.9 Å². The van der Waals surface area contributed by atoms with E-state index in [1.165, 1.54) is 0 Å². The first-order chi connectivity index (χ1) is 6.74. The lowest BCUT2D eigenvalue weighted by Crippen LogP contribution is -2.21. The molecule has 0 saturated heterocycles. The lowest BCUT2D eigenvalue weighted by atomic mass is 10.2. The zero-order chi connectivity index (χ0) is 10.4. The number of imidazole rings is 1. The van der Waals surface area contributed by atoms with Gasteiger partial charge in [0.2, 0.25) is 0 Å². The number of aryl methyl sites for hydroxylation is 1. The summed E-state index contributed by atoms with van der Waals surface area (Å²) in [6.07, 6.45) is 5.09. The van der Waals surface area contributed by atoms with Crippen LogP contribution in [0.5, 0.6) is 0 Å². The summed E-state index contributed by atoms with van der Waals surface area (Å²) in [5, 5.41) is 3.40. The van der Waals surface area contributed by atoms with Crippen LogP contribution in [0.1, 0.15) is 33.0 Å². The molecule has 1 aromatic heterocycles. The Morgan fingerprint density at radius 3 is 2.93 bits per heavy atom. The van der Waals surface area contributed by atoms with Gasteiger partial charge >= 0.3 is 0 Å². The van der Waals surface area contributed by atoms with Crippen molar-refractivity contribution in [2.24, 2.45) is 5.92 Å². The van der Waals surface area contributed by atoms with Crippen molar-refractivity contribution in [3.05, 3.63) is 18.2 Å². The molecular weight excluding hydrogens is 174 g/mol. The highest BCUT2D eigenvalue weighted by molar-refractivity contribution is 4.91. The van der Waals surface area contributed by atoms with Gasteiger partial charge in [-0.15, -0.1) is 0 Å². The van der Waals surface area contributed by atoms with E-state index in [2.05, 4.69) is 41.8 Å². The van der Waals surface area contributed by atoms with Gasteiger partial charge in [0.15, 0.2) is 0 Å². The smallest absolute Gasteiger partial charge is 0.122 e. The van der Waals surface area contributed by atoms with Crippen molar-refractivity contribution in [3.8, 4) is 0 Å². The lowest BCUT2D eigenvalue weighted by molar-refractivity contribution is 0.525. The van der Waals surface area contributed by atoms with E-state index in [4.69, 9.17) is 0 Å². The van der Waals surface area contributed by atoms with E-state index in [1.54, 1.807) is 0 Å². The molecular formula is C11H21N3. The summed E-state index contributed by atoms with van der Waals surface area (Å²) in [4.78, 5) is 4.33. The number of aromatic nitrogens is 2. The Hall–Kier alpha value is -0.830. The topological polar surface area (TPSA) is 29.9 Å². The largest absolute Gasteiger partial charge is 0.334 e. The van der Waals surface area contributed by atoms with Gasteiger partial charge in [0.05, 0.1) is 6.54 Å². The maximum atomic E-state index is 4.33. The van der Waals surface area contributed by atoms with E-state index in [-0.39, 0.29) is 0 Å². The molecule has 0 aliphatic rings. The second kappa shape index (κ2) is 5.81. The third-order valence-electron chi connectivity index (χ3n) is 2.10. The van der Waals surface area contributed by atoms with Crippen molar-refractivity contribution < 1.29 is 0 Å². The van der Waals surface area contributed by atoms with Crippen molar-refractivity contribution in [3.63, 3.8) is 0 Å². The summed E-state index contributed by atoms with van der Waals surface area (Å²) in [5.74, 6) is 1.84. The molecule has 80 valence electrons. The molecule has 0 amide bonds. The Labute approximate surface area is 86.5 Å². The fourth-order valence-corrected chi connectivity index (χ4v) is 1.42. The number of rotatable bonds is 6. The quantitative estimate of drug-likeness (QED) is 0.752. The summed E-state index contributed by atoms with van der Waals surface area (Å²) in [6, 6.07) is 0. The first kappa shape index (κ1) is 11.2. The van der Waals surface area contributed by atoms with Crippen LogP contribution in [0, 0.1) is 5.92 Å². The molecule has 0 radical (unpaired) electrons. The van der Waals surface area contributed by atoms with Gasteiger partial charge in [-0.05, 0) is 18.9 Å². The van der Waals surface area contributed by atoms with Crippen LogP contribution in [0.2, 0.25) is 0 Å². The fraction of sp³-hybridized carbons (Fsp3) is 0.727. The van der Waals surface area contributed by atoms with Crippen LogP contribution < -0.4 is 5.32 Å². The fourth-order valence-electron chi connectivity index (χ4n) is 1.42. The van der Waals surface area contributed by atoms with Crippen LogP contribution in [0.15, 0.2) is 12.4 Å². The first-order valence-electron chi connectivity index (χ1n) is 5.44. The summed E-state index contributed by atoms with van der Waals surface area (Å²) in [7, 11) is 0. The molecule has 0 aromatic carbocycles. The molecule has 0 unspecified atom stereocenters. The van der Waals surface area contributed by atoms with Gasteiger partial charge in [0, 0.05) is 18.9 Å². The third-order valence-corrected chi connectivity index (χ3v) is 2.10. The minimum absolute atomic E-state index is 0.699. The van der Waals surface area contributed by atoms with Crippen LogP contribution in [0.25, 0.3) is 0 Å². The van der Waals surface area contributed by atoms with Gasteiger partial charge in [-0.3, -0.25) is 0 Å². The van der Waals surface area contributed by atoms with E-state index < -0.39 is 0 Å². The summed E-state index contributed by atoms with van der Waals surface area (Å²) in [5.41, 5.74) is 0. The second-order valence-electron chi connectivity index (χ2n) is 4.06.